The fourth-order valence-electron chi connectivity index (χ4n) is 7.37. The lowest BCUT2D eigenvalue weighted by Gasteiger charge is -2.23. The van der Waals surface area contributed by atoms with Crippen LogP contribution in [0.3, 0.4) is 0 Å². The lowest BCUT2D eigenvalue weighted by Crippen LogP contribution is -2.56. The van der Waals surface area contributed by atoms with Crippen LogP contribution in [0.5, 0.6) is 0 Å². The zero-order valence-corrected chi connectivity index (χ0v) is 23.4. The van der Waals surface area contributed by atoms with E-state index in [-0.39, 0.29) is 16.4 Å². The van der Waals surface area contributed by atoms with Gasteiger partial charge in [0, 0.05) is 38.7 Å². The molecular formula is C36H18B5NO. The second kappa shape index (κ2) is 8.54. The number of hydrogen-bond acceptors (Lipinski definition) is 1. The molecule has 1 atom stereocenters. The highest BCUT2D eigenvalue weighted by Crippen LogP contribution is 2.47. The van der Waals surface area contributed by atoms with Crippen LogP contribution >= 0.6 is 0 Å². The molecule has 9 rings (SSSR count). The Morgan fingerprint density at radius 2 is 1.30 bits per heavy atom. The van der Waals surface area contributed by atoms with E-state index in [1.54, 1.807) is 0 Å². The number of furan rings is 1. The standard InChI is InChI=1S/C36H18B5NO/c1-16-9-13-26-27(16)22-15-17(10-14-25(22)43-26)18-11-12-24-30-28(18)20-6-3-2-5-19(20)21-7-4-8-23(29(21)30)42(24)36-34(40)32(38)31(37)33(39)35(36)41/h2-16H,1H3. The number of hydrogen-bond donors (Lipinski definition) is 0. The van der Waals surface area contributed by atoms with Crippen LogP contribution in [-0.4, -0.2) is 43.8 Å². The Morgan fingerprint density at radius 1 is 0.628 bits per heavy atom. The van der Waals surface area contributed by atoms with E-state index in [0.29, 0.717) is 22.5 Å². The average Bonchev–Trinajstić information content (AvgIpc) is 3.69. The third kappa shape index (κ3) is 3.10. The van der Waals surface area contributed by atoms with E-state index in [0.717, 1.165) is 60.4 Å². The first-order valence-corrected chi connectivity index (χ1v) is 14.3. The Balaban J connectivity index is 1.47. The van der Waals surface area contributed by atoms with Crippen molar-refractivity contribution in [2.24, 2.45) is 0 Å². The minimum atomic E-state index is 0.200. The molecule has 10 radical (unpaired) electrons. The topological polar surface area (TPSA) is 18.1 Å². The summed E-state index contributed by atoms with van der Waals surface area (Å²) in [6.45, 7) is 2.21. The normalized spacial score (nSPS) is 14.8. The quantitative estimate of drug-likeness (QED) is 0.242. The zero-order valence-electron chi connectivity index (χ0n) is 23.4. The summed E-state index contributed by atoms with van der Waals surface area (Å²) in [6.07, 6.45) is 4.27. The molecular weight excluding hydrogens is 516 g/mol. The van der Waals surface area contributed by atoms with Gasteiger partial charge in [-0.15, -0.1) is 16.4 Å². The minimum Gasteiger partial charge on any atom is -0.456 e. The van der Waals surface area contributed by atoms with E-state index in [4.69, 9.17) is 43.6 Å². The predicted molar refractivity (Wildman–Crippen MR) is 187 cm³/mol. The average molecular weight is 535 g/mol. The summed E-state index contributed by atoms with van der Waals surface area (Å²) in [5.74, 6) is 1.26. The van der Waals surface area contributed by atoms with Crippen LogP contribution in [0, 0.1) is 0 Å². The largest absolute Gasteiger partial charge is 0.456 e. The summed E-state index contributed by atoms with van der Waals surface area (Å²) in [4.78, 5) is 0. The van der Waals surface area contributed by atoms with Crippen molar-refractivity contribution < 1.29 is 4.42 Å². The van der Waals surface area contributed by atoms with Crippen LogP contribution in [0.4, 0.5) is 0 Å². The van der Waals surface area contributed by atoms with Gasteiger partial charge in [-0.1, -0.05) is 72.5 Å². The first kappa shape index (κ1) is 25.0. The van der Waals surface area contributed by atoms with Crippen molar-refractivity contribution in [2.75, 3.05) is 0 Å². The van der Waals surface area contributed by atoms with Crippen molar-refractivity contribution in [3.63, 3.8) is 0 Å². The maximum atomic E-state index is 6.65. The van der Waals surface area contributed by atoms with Gasteiger partial charge < -0.3 is 8.98 Å². The van der Waals surface area contributed by atoms with Gasteiger partial charge >= 0.3 is 0 Å². The number of nitrogens with zero attached hydrogens (tertiary/aromatic N) is 1. The lowest BCUT2D eigenvalue weighted by molar-refractivity contribution is 0.601. The zero-order chi connectivity index (χ0) is 29.3. The summed E-state index contributed by atoms with van der Waals surface area (Å²) in [5, 5.41) is 8.06. The maximum absolute atomic E-state index is 6.65. The van der Waals surface area contributed by atoms with Crippen molar-refractivity contribution in [1.29, 1.82) is 0 Å². The third-order valence-corrected chi connectivity index (χ3v) is 9.40. The summed E-state index contributed by atoms with van der Waals surface area (Å²) in [5.41, 5.74) is 8.15. The number of aromatic nitrogens is 1. The van der Waals surface area contributed by atoms with Crippen LogP contribution in [-0.2, 0) is 0 Å². The number of benzene rings is 6. The van der Waals surface area contributed by atoms with Crippen molar-refractivity contribution >= 4 is 127 Å². The monoisotopic (exact) mass is 535 g/mol. The second-order valence-electron chi connectivity index (χ2n) is 11.6. The Labute approximate surface area is 255 Å². The first-order chi connectivity index (χ1) is 20.8. The molecule has 0 bridgehead atoms. The Hall–Kier alpha value is -4.50. The summed E-state index contributed by atoms with van der Waals surface area (Å²) in [7, 11) is 32.2. The van der Waals surface area contributed by atoms with E-state index < -0.39 is 0 Å². The first-order valence-electron chi connectivity index (χ1n) is 14.3. The van der Waals surface area contributed by atoms with Crippen LogP contribution in [0.25, 0.3) is 77.2 Å². The SMILES string of the molecule is [B]c1c([B])c([B])c(-n2c3cccc4c5ccccc5c5c(-c6ccc7oc8c(c7c6)C(C)C=C8)ccc2c5c43)c([B])c1[B]. The van der Waals surface area contributed by atoms with Crippen molar-refractivity contribution in [3.8, 4) is 16.8 Å². The molecule has 8 aromatic rings. The van der Waals surface area contributed by atoms with Crippen LogP contribution in [0.15, 0.2) is 83.3 Å². The van der Waals surface area contributed by atoms with Gasteiger partial charge in [0.15, 0.2) is 0 Å². The van der Waals surface area contributed by atoms with Gasteiger partial charge in [0.2, 0.25) is 0 Å². The molecule has 0 saturated heterocycles. The van der Waals surface area contributed by atoms with Gasteiger partial charge in [0.05, 0.1) is 11.0 Å². The van der Waals surface area contributed by atoms with Crippen LogP contribution in [0.1, 0.15) is 24.2 Å². The Bertz CT molecular complexity index is 2510. The number of allylic oxidation sites excluding steroid dienone is 1. The van der Waals surface area contributed by atoms with Crippen molar-refractivity contribution in [2.45, 2.75) is 12.8 Å². The van der Waals surface area contributed by atoms with E-state index in [2.05, 4.69) is 96.4 Å². The van der Waals surface area contributed by atoms with Gasteiger partial charge in [-0.2, -0.15) is 0 Å². The molecule has 188 valence electrons. The fraction of sp³-hybridized carbons (Fsp3) is 0.0556. The van der Waals surface area contributed by atoms with Crippen LogP contribution in [0.2, 0.25) is 0 Å². The Kier molecular flexibility index (Phi) is 4.97. The predicted octanol–water partition coefficient (Wildman–Crippen LogP) is 4.04. The minimum absolute atomic E-state index is 0.200. The highest BCUT2D eigenvalue weighted by Gasteiger charge is 2.25. The van der Waals surface area contributed by atoms with E-state index in [1.807, 2.05) is 0 Å². The molecule has 6 aromatic carbocycles. The molecule has 7 heteroatoms. The fourth-order valence-corrected chi connectivity index (χ4v) is 7.37. The molecule has 1 unspecified atom stereocenters. The lowest BCUT2D eigenvalue weighted by atomic mass is 9.61. The summed E-state index contributed by atoms with van der Waals surface area (Å²) < 4.78 is 8.27. The molecule has 0 N–H and O–H groups in total. The van der Waals surface area contributed by atoms with Crippen molar-refractivity contribution in [3.05, 3.63) is 90.2 Å². The van der Waals surface area contributed by atoms with E-state index >= 15 is 0 Å². The molecule has 2 heterocycles. The second-order valence-corrected chi connectivity index (χ2v) is 11.6. The van der Waals surface area contributed by atoms with Crippen LogP contribution < -0.4 is 27.3 Å². The molecule has 0 saturated carbocycles. The molecule has 0 aliphatic heterocycles. The highest BCUT2D eigenvalue weighted by molar-refractivity contribution is 6.68. The molecule has 43 heavy (non-hydrogen) atoms. The summed E-state index contributed by atoms with van der Waals surface area (Å²) >= 11 is 0. The molecule has 2 nitrogen and oxygen atoms in total. The highest BCUT2D eigenvalue weighted by atomic mass is 16.3. The molecule has 2 aromatic heterocycles. The molecule has 0 amide bonds. The van der Waals surface area contributed by atoms with Gasteiger partial charge in [-0.05, 0) is 57.6 Å². The smallest absolute Gasteiger partial charge is 0.135 e. The number of rotatable bonds is 2. The number of fused-ring (bicyclic) bond motifs is 6. The molecule has 0 spiro atoms. The van der Waals surface area contributed by atoms with Gasteiger partial charge in [0.25, 0.3) is 0 Å². The third-order valence-electron chi connectivity index (χ3n) is 9.40. The van der Waals surface area contributed by atoms with Crippen molar-refractivity contribution in [1.82, 2.24) is 4.57 Å². The molecule has 1 aliphatic carbocycles. The Morgan fingerprint density at radius 3 is 2.09 bits per heavy atom. The molecule has 1 aliphatic rings. The van der Waals surface area contributed by atoms with Gasteiger partial charge in [-0.25, -0.2) is 0 Å². The maximum Gasteiger partial charge on any atom is 0.135 e. The van der Waals surface area contributed by atoms with Gasteiger partial charge in [0.1, 0.15) is 50.6 Å². The van der Waals surface area contributed by atoms with E-state index in [9.17, 15) is 0 Å². The summed E-state index contributed by atoms with van der Waals surface area (Å²) in [6, 6.07) is 25.8. The molecule has 0 fully saturated rings. The van der Waals surface area contributed by atoms with E-state index in [1.165, 1.54) is 16.3 Å². The van der Waals surface area contributed by atoms with Gasteiger partial charge in [-0.3, -0.25) is 0 Å².